The molecule has 0 radical (unpaired) electrons. The third-order valence-electron chi connectivity index (χ3n) is 2.71. The minimum absolute atomic E-state index is 0.532. The molecule has 0 rings (SSSR count). The zero-order chi connectivity index (χ0) is 9.61. The number of hydrogen-bond acceptors (Lipinski definition) is 0. The summed E-state index contributed by atoms with van der Waals surface area (Å²) in [5, 5.41) is 1.15. The number of hydrogen-bond donors (Lipinski definition) is 0. The van der Waals surface area contributed by atoms with E-state index in [1.165, 1.54) is 25.7 Å². The van der Waals surface area contributed by atoms with E-state index in [1.807, 2.05) is 0 Å². The Hall–Kier alpha value is 0.480. The monoisotopic (exact) mass is 234 g/mol. The summed E-state index contributed by atoms with van der Waals surface area (Å²) in [6.45, 7) is 9.32. The van der Waals surface area contributed by atoms with Gasteiger partial charge in [-0.25, -0.2) is 0 Å². The van der Waals surface area contributed by atoms with E-state index < -0.39 is 0 Å². The molecular weight excluding hydrogens is 212 g/mol. The van der Waals surface area contributed by atoms with Crippen molar-refractivity contribution in [1.29, 1.82) is 0 Å². The maximum absolute atomic E-state index is 3.63. The molecule has 0 saturated carbocycles. The van der Waals surface area contributed by atoms with Gasteiger partial charge < -0.3 is 0 Å². The molecule has 0 spiro atoms. The minimum Gasteiger partial charge on any atom is -0.0922 e. The van der Waals surface area contributed by atoms with Crippen molar-refractivity contribution in [2.45, 2.75) is 53.4 Å². The predicted octanol–water partition coefficient (Wildman–Crippen LogP) is 4.62. The Morgan fingerprint density at radius 2 is 1.92 bits per heavy atom. The molecule has 0 saturated heterocycles. The highest BCUT2D eigenvalue weighted by Crippen LogP contribution is 2.33. The van der Waals surface area contributed by atoms with Crippen LogP contribution in [-0.2, 0) is 0 Å². The molecule has 0 aromatic rings. The van der Waals surface area contributed by atoms with E-state index >= 15 is 0 Å². The first-order valence-electron chi connectivity index (χ1n) is 5.14. The fourth-order valence-electron chi connectivity index (χ4n) is 1.81. The third-order valence-corrected chi connectivity index (χ3v) is 4.07. The van der Waals surface area contributed by atoms with Gasteiger partial charge in [-0.05, 0) is 24.2 Å². The Bertz CT molecular complexity index is 112. The van der Waals surface area contributed by atoms with Gasteiger partial charge >= 0.3 is 0 Å². The highest BCUT2D eigenvalue weighted by Gasteiger charge is 2.23. The second-order valence-corrected chi connectivity index (χ2v) is 4.97. The van der Waals surface area contributed by atoms with Crippen molar-refractivity contribution >= 4 is 15.9 Å². The summed E-state index contributed by atoms with van der Waals surface area (Å²) in [5.41, 5.74) is 0.532. The standard InChI is InChI=1S/C11H23Br/c1-5-7-11(4,9-12)8-10(3)6-2/h10H,5-9H2,1-4H3. The molecule has 2 unspecified atom stereocenters. The van der Waals surface area contributed by atoms with E-state index in [0.29, 0.717) is 5.41 Å². The summed E-state index contributed by atoms with van der Waals surface area (Å²) in [7, 11) is 0. The van der Waals surface area contributed by atoms with Gasteiger partial charge in [0.2, 0.25) is 0 Å². The van der Waals surface area contributed by atoms with Crippen molar-refractivity contribution in [3.8, 4) is 0 Å². The molecule has 0 nitrogen and oxygen atoms in total. The molecule has 0 fully saturated rings. The molecule has 1 heteroatoms. The zero-order valence-corrected chi connectivity index (χ0v) is 10.6. The lowest BCUT2D eigenvalue weighted by molar-refractivity contribution is 0.259. The summed E-state index contributed by atoms with van der Waals surface area (Å²) in [6.07, 6.45) is 5.33. The largest absolute Gasteiger partial charge is 0.0922 e. The summed E-state index contributed by atoms with van der Waals surface area (Å²) in [5.74, 6) is 0.874. The van der Waals surface area contributed by atoms with Crippen molar-refractivity contribution in [2.75, 3.05) is 5.33 Å². The molecular formula is C11H23Br. The van der Waals surface area contributed by atoms with E-state index in [4.69, 9.17) is 0 Å². The highest BCUT2D eigenvalue weighted by molar-refractivity contribution is 9.09. The van der Waals surface area contributed by atoms with Crippen molar-refractivity contribution < 1.29 is 0 Å². The van der Waals surface area contributed by atoms with Crippen molar-refractivity contribution in [3.63, 3.8) is 0 Å². The van der Waals surface area contributed by atoms with Crippen LogP contribution >= 0.6 is 15.9 Å². The summed E-state index contributed by atoms with van der Waals surface area (Å²) in [4.78, 5) is 0. The summed E-state index contributed by atoms with van der Waals surface area (Å²) in [6, 6.07) is 0. The summed E-state index contributed by atoms with van der Waals surface area (Å²) < 4.78 is 0. The van der Waals surface area contributed by atoms with Gasteiger partial charge in [0.15, 0.2) is 0 Å². The van der Waals surface area contributed by atoms with Gasteiger partial charge in [0.05, 0.1) is 0 Å². The quantitative estimate of drug-likeness (QED) is 0.589. The van der Waals surface area contributed by atoms with Crippen LogP contribution in [0.15, 0.2) is 0 Å². The minimum atomic E-state index is 0.532. The zero-order valence-electron chi connectivity index (χ0n) is 8.99. The van der Waals surface area contributed by atoms with Gasteiger partial charge in [0.1, 0.15) is 0 Å². The number of halogens is 1. The Labute approximate surface area is 86.3 Å². The first-order valence-corrected chi connectivity index (χ1v) is 6.26. The van der Waals surface area contributed by atoms with Crippen LogP contribution in [0.4, 0.5) is 0 Å². The van der Waals surface area contributed by atoms with Gasteiger partial charge in [-0.2, -0.15) is 0 Å². The summed E-state index contributed by atoms with van der Waals surface area (Å²) >= 11 is 3.63. The fourth-order valence-corrected chi connectivity index (χ4v) is 2.32. The van der Waals surface area contributed by atoms with Crippen LogP contribution < -0.4 is 0 Å². The average Bonchev–Trinajstić information content (AvgIpc) is 2.05. The first kappa shape index (κ1) is 12.5. The van der Waals surface area contributed by atoms with Crippen molar-refractivity contribution in [3.05, 3.63) is 0 Å². The molecule has 2 atom stereocenters. The van der Waals surface area contributed by atoms with Gasteiger partial charge in [0, 0.05) is 5.33 Å². The first-order chi connectivity index (χ1) is 5.58. The van der Waals surface area contributed by atoms with Crippen LogP contribution in [0, 0.1) is 11.3 Å². The van der Waals surface area contributed by atoms with Crippen LogP contribution in [0.3, 0.4) is 0 Å². The van der Waals surface area contributed by atoms with Crippen LogP contribution in [0.1, 0.15) is 53.4 Å². The lowest BCUT2D eigenvalue weighted by atomic mass is 9.79. The van der Waals surface area contributed by atoms with Gasteiger partial charge in [-0.15, -0.1) is 0 Å². The maximum Gasteiger partial charge on any atom is 0.00854 e. The van der Waals surface area contributed by atoms with Crippen molar-refractivity contribution in [2.24, 2.45) is 11.3 Å². The third kappa shape index (κ3) is 4.49. The van der Waals surface area contributed by atoms with E-state index in [-0.39, 0.29) is 0 Å². The fraction of sp³-hybridized carbons (Fsp3) is 1.00. The molecule has 74 valence electrons. The van der Waals surface area contributed by atoms with Crippen LogP contribution in [-0.4, -0.2) is 5.33 Å². The van der Waals surface area contributed by atoms with Gasteiger partial charge in [-0.1, -0.05) is 56.5 Å². The number of alkyl halides is 1. The average molecular weight is 235 g/mol. The SMILES string of the molecule is CCCC(C)(CBr)CC(C)CC. The molecule has 0 amide bonds. The van der Waals surface area contributed by atoms with Crippen LogP contribution in [0.2, 0.25) is 0 Å². The smallest absolute Gasteiger partial charge is 0.00854 e. The second-order valence-electron chi connectivity index (χ2n) is 4.41. The van der Waals surface area contributed by atoms with Crippen LogP contribution in [0.25, 0.3) is 0 Å². The van der Waals surface area contributed by atoms with E-state index in [2.05, 4.69) is 43.6 Å². The topological polar surface area (TPSA) is 0 Å². The molecule has 0 heterocycles. The normalized spacial score (nSPS) is 18.8. The molecule has 0 bridgehead atoms. The Morgan fingerprint density at radius 1 is 1.33 bits per heavy atom. The lowest BCUT2D eigenvalue weighted by Gasteiger charge is -2.29. The maximum atomic E-state index is 3.63. The van der Waals surface area contributed by atoms with Crippen molar-refractivity contribution in [1.82, 2.24) is 0 Å². The molecule has 0 aliphatic rings. The molecule has 0 aromatic heterocycles. The Kier molecular flexibility index (Phi) is 6.25. The van der Waals surface area contributed by atoms with Crippen LogP contribution in [0.5, 0.6) is 0 Å². The van der Waals surface area contributed by atoms with E-state index in [0.717, 1.165) is 11.2 Å². The molecule has 0 N–H and O–H groups in total. The molecule has 0 aliphatic heterocycles. The molecule has 0 aromatic carbocycles. The number of rotatable bonds is 6. The predicted molar refractivity (Wildman–Crippen MR) is 60.9 cm³/mol. The highest BCUT2D eigenvalue weighted by atomic mass is 79.9. The van der Waals surface area contributed by atoms with Gasteiger partial charge in [0.25, 0.3) is 0 Å². The van der Waals surface area contributed by atoms with Gasteiger partial charge in [-0.3, -0.25) is 0 Å². The lowest BCUT2D eigenvalue weighted by Crippen LogP contribution is -2.21. The Morgan fingerprint density at radius 3 is 2.25 bits per heavy atom. The van der Waals surface area contributed by atoms with E-state index in [1.54, 1.807) is 0 Å². The Balaban J connectivity index is 3.94. The molecule has 12 heavy (non-hydrogen) atoms. The molecule has 0 aliphatic carbocycles. The van der Waals surface area contributed by atoms with E-state index in [9.17, 15) is 0 Å². The second kappa shape index (κ2) is 6.01.